The first kappa shape index (κ1) is 46.3. The van der Waals surface area contributed by atoms with Crippen LogP contribution in [0, 0.1) is 21.7 Å². The summed E-state index contributed by atoms with van der Waals surface area (Å²) in [7, 11) is 0. The van der Waals surface area contributed by atoms with Gasteiger partial charge in [-0.1, -0.05) is 106 Å². The molecule has 2 aliphatic rings. The van der Waals surface area contributed by atoms with Gasteiger partial charge in [0.2, 0.25) is 0 Å². The molecule has 0 N–H and O–H groups in total. The number of halogens is 8. The molecule has 6 nitrogen and oxygen atoms in total. The summed E-state index contributed by atoms with van der Waals surface area (Å²) < 4.78 is 87.7. The predicted octanol–water partition coefficient (Wildman–Crippen LogP) is 15.7. The van der Waals surface area contributed by atoms with E-state index >= 15 is 0 Å². The molecule has 58 heavy (non-hydrogen) atoms. The molecular weight excluding hydrogens is 801 g/mol. The highest BCUT2D eigenvalue weighted by molar-refractivity contribution is 6.34. The second kappa shape index (κ2) is 16.0. The van der Waals surface area contributed by atoms with Crippen LogP contribution >= 0.6 is 23.2 Å². The predicted molar refractivity (Wildman–Crippen MR) is 217 cm³/mol. The number of benzene rings is 2. The lowest BCUT2D eigenvalue weighted by Gasteiger charge is -2.31. The van der Waals surface area contributed by atoms with Crippen molar-refractivity contribution in [1.29, 1.82) is 0 Å². The van der Waals surface area contributed by atoms with E-state index in [-0.39, 0.29) is 11.6 Å². The van der Waals surface area contributed by atoms with Crippen LogP contribution in [0.1, 0.15) is 94.2 Å². The van der Waals surface area contributed by atoms with Crippen molar-refractivity contribution in [3.63, 3.8) is 0 Å². The largest absolute Gasteiger partial charge is 0.417 e. The second-order valence-electron chi connectivity index (χ2n) is 18.3. The molecule has 0 aromatic heterocycles. The summed E-state index contributed by atoms with van der Waals surface area (Å²) in [5.41, 5.74) is -4.84. The van der Waals surface area contributed by atoms with Gasteiger partial charge in [0.15, 0.2) is 11.6 Å². The standard InChI is InChI=1S/C44H46Cl2F6N4O2/c1-39(2,3)29-13-23(14-30(37(29)57)40(4,5)6)21-53-55-35-19-27(43(47,48)49)25(17-33(35)45)26-18-34(46)36(20-28(26)44(50,51)52)56-54-22-24-15-31(41(7,8)9)38(58)32(16-24)42(10,11)12/h13-22H,1-12H3/b55-53+,56-54+. The van der Waals surface area contributed by atoms with E-state index in [1.807, 2.05) is 83.1 Å². The molecule has 0 saturated heterocycles. The zero-order chi connectivity index (χ0) is 44.1. The van der Waals surface area contributed by atoms with Gasteiger partial charge >= 0.3 is 12.4 Å². The number of carbonyl (C=O) groups excluding carboxylic acids is 2. The van der Waals surface area contributed by atoms with Crippen molar-refractivity contribution >= 4 is 46.1 Å². The number of hydrogen-bond donors (Lipinski definition) is 0. The fourth-order valence-electron chi connectivity index (χ4n) is 6.19. The van der Waals surface area contributed by atoms with Crippen LogP contribution in [0.25, 0.3) is 11.1 Å². The fraction of sp³-hybridized carbons (Fsp3) is 0.409. The third-order valence-corrected chi connectivity index (χ3v) is 9.88. The molecule has 14 heteroatoms. The van der Waals surface area contributed by atoms with Crippen LogP contribution in [-0.2, 0) is 21.9 Å². The van der Waals surface area contributed by atoms with Gasteiger partial charge in [-0.3, -0.25) is 9.59 Å². The van der Waals surface area contributed by atoms with E-state index in [9.17, 15) is 35.9 Å². The minimum Gasteiger partial charge on any atom is -0.289 e. The van der Waals surface area contributed by atoms with Crippen molar-refractivity contribution in [2.24, 2.45) is 42.1 Å². The zero-order valence-electron chi connectivity index (χ0n) is 34.4. The third kappa shape index (κ3) is 10.6. The maximum Gasteiger partial charge on any atom is 0.417 e. The molecule has 310 valence electrons. The van der Waals surface area contributed by atoms with Gasteiger partial charge in [0, 0.05) is 22.3 Å². The van der Waals surface area contributed by atoms with Gasteiger partial charge in [0.25, 0.3) is 0 Å². The number of Topliss-reactive ketones (excluding diaryl/α,β-unsaturated/α-hetero) is 2. The molecule has 0 spiro atoms. The number of alkyl halides is 6. The van der Waals surface area contributed by atoms with E-state index in [1.54, 1.807) is 24.3 Å². The first-order valence-electron chi connectivity index (χ1n) is 18.2. The molecule has 0 amide bonds. The first-order valence-corrected chi connectivity index (χ1v) is 19.0. The molecule has 0 heterocycles. The van der Waals surface area contributed by atoms with E-state index in [1.165, 1.54) is 12.4 Å². The molecule has 4 rings (SSSR count). The number of hydrogen-bond acceptors (Lipinski definition) is 6. The number of nitrogens with zero attached hydrogens (tertiary/aromatic N) is 4. The second-order valence-corrected chi connectivity index (χ2v) is 19.1. The topological polar surface area (TPSA) is 83.6 Å². The van der Waals surface area contributed by atoms with Gasteiger partial charge in [-0.25, -0.2) is 0 Å². The van der Waals surface area contributed by atoms with Gasteiger partial charge in [-0.15, -0.1) is 10.2 Å². The van der Waals surface area contributed by atoms with Gasteiger partial charge in [0.1, 0.15) is 11.4 Å². The Bertz CT molecular complexity index is 2060. The highest BCUT2D eigenvalue weighted by Crippen LogP contribution is 2.49. The first-order chi connectivity index (χ1) is 26.2. The molecule has 2 aromatic rings. The van der Waals surface area contributed by atoms with E-state index in [0.29, 0.717) is 45.6 Å². The van der Waals surface area contributed by atoms with Crippen LogP contribution in [-0.4, -0.2) is 11.6 Å². The highest BCUT2D eigenvalue weighted by Gasteiger charge is 2.40. The Morgan fingerprint density at radius 3 is 0.948 bits per heavy atom. The summed E-state index contributed by atoms with van der Waals surface area (Å²) in [6.45, 7) is 22.5. The minimum absolute atomic E-state index is 0.133. The third-order valence-electron chi connectivity index (χ3n) is 9.27. The Morgan fingerprint density at radius 2 is 0.724 bits per heavy atom. The molecule has 0 atom stereocenters. The SMILES string of the molecule is CC(C)(C)C1=CC(=C/N=N/c2cc(C(F)(F)F)c(-c3cc(Cl)c(/N=N/C=C4C=C(C(C)(C)C)C(=O)C(C(C)(C)C)=C4)cc3C(F)(F)F)cc2Cl)C=C(C(C)(C)C)C1=O. The van der Waals surface area contributed by atoms with E-state index in [4.69, 9.17) is 23.2 Å². The molecule has 0 unspecified atom stereocenters. The maximum absolute atomic E-state index is 14.6. The lowest BCUT2D eigenvalue weighted by atomic mass is 9.72. The molecule has 2 aliphatic carbocycles. The highest BCUT2D eigenvalue weighted by atomic mass is 35.5. The summed E-state index contributed by atoms with van der Waals surface area (Å²) >= 11 is 12.8. The van der Waals surface area contributed by atoms with Crippen LogP contribution < -0.4 is 0 Å². The van der Waals surface area contributed by atoms with Crippen molar-refractivity contribution in [3.8, 4) is 11.1 Å². The van der Waals surface area contributed by atoms with Gasteiger partial charge in [-0.2, -0.15) is 36.6 Å². The van der Waals surface area contributed by atoms with Crippen LogP contribution in [0.15, 0.2) is 115 Å². The van der Waals surface area contributed by atoms with Crippen LogP contribution in [0.2, 0.25) is 10.0 Å². The number of azo groups is 2. The molecule has 0 fully saturated rings. The fourth-order valence-corrected chi connectivity index (χ4v) is 6.59. The summed E-state index contributed by atoms with van der Waals surface area (Å²) in [5.74, 6) is -0.265. The van der Waals surface area contributed by atoms with Crippen molar-refractivity contribution < 1.29 is 35.9 Å². The molecule has 0 bridgehead atoms. The lowest BCUT2D eigenvalue weighted by Crippen LogP contribution is -2.27. The Balaban J connectivity index is 1.82. The number of carbonyl (C=O) groups is 2. The smallest absolute Gasteiger partial charge is 0.289 e. The monoisotopic (exact) mass is 846 g/mol. The number of ketones is 2. The molecule has 2 aromatic carbocycles. The normalized spacial score (nSPS) is 16.6. The Labute approximate surface area is 345 Å². The molecule has 0 saturated carbocycles. The van der Waals surface area contributed by atoms with Gasteiger partial charge in [0.05, 0.1) is 33.6 Å². The van der Waals surface area contributed by atoms with E-state index in [2.05, 4.69) is 20.5 Å². The lowest BCUT2D eigenvalue weighted by molar-refractivity contribution is -0.139. The van der Waals surface area contributed by atoms with Crippen LogP contribution in [0.3, 0.4) is 0 Å². The van der Waals surface area contributed by atoms with Crippen molar-refractivity contribution in [2.75, 3.05) is 0 Å². The molecular formula is C44H46Cl2F6N4O2. The Kier molecular flexibility index (Phi) is 12.7. The Morgan fingerprint density at radius 1 is 0.466 bits per heavy atom. The molecule has 0 radical (unpaired) electrons. The summed E-state index contributed by atoms with van der Waals surface area (Å²) in [6, 6.07) is 2.49. The summed E-state index contributed by atoms with van der Waals surface area (Å²) in [4.78, 5) is 26.5. The summed E-state index contributed by atoms with van der Waals surface area (Å²) in [5, 5.41) is 14.8. The summed E-state index contributed by atoms with van der Waals surface area (Å²) in [6.07, 6.45) is -1.29. The average molecular weight is 848 g/mol. The quantitative estimate of drug-likeness (QED) is 0.222. The van der Waals surface area contributed by atoms with Crippen molar-refractivity contribution in [2.45, 2.75) is 95.4 Å². The maximum atomic E-state index is 14.6. The minimum atomic E-state index is -5.17. The number of rotatable bonds is 5. The zero-order valence-corrected chi connectivity index (χ0v) is 35.9. The van der Waals surface area contributed by atoms with E-state index in [0.717, 1.165) is 12.1 Å². The van der Waals surface area contributed by atoms with Crippen LogP contribution in [0.4, 0.5) is 37.7 Å². The van der Waals surface area contributed by atoms with Crippen molar-refractivity contribution in [3.05, 3.63) is 116 Å². The Hall–Kier alpha value is -4.42. The van der Waals surface area contributed by atoms with Crippen molar-refractivity contribution in [1.82, 2.24) is 0 Å². The van der Waals surface area contributed by atoms with E-state index < -0.39 is 77.7 Å². The van der Waals surface area contributed by atoms with Gasteiger partial charge in [-0.05, 0) is 92.5 Å². The number of allylic oxidation sites excluding steroid dienone is 10. The molecule has 0 aliphatic heterocycles. The van der Waals surface area contributed by atoms with Crippen LogP contribution in [0.5, 0.6) is 0 Å². The van der Waals surface area contributed by atoms with Gasteiger partial charge < -0.3 is 0 Å². The average Bonchev–Trinajstić information content (AvgIpc) is 3.04.